The van der Waals surface area contributed by atoms with Crippen LogP contribution in [0.15, 0.2) is 0 Å². The monoisotopic (exact) mass is 483 g/mol. The van der Waals surface area contributed by atoms with Gasteiger partial charge in [-0.3, -0.25) is 0 Å². The van der Waals surface area contributed by atoms with Crippen molar-refractivity contribution in [3.8, 4) is 0 Å². The maximum absolute atomic E-state index is 13.0. The Labute approximate surface area is 145 Å². The van der Waals surface area contributed by atoms with E-state index in [4.69, 9.17) is 0 Å². The molecule has 0 heterocycles. The lowest BCUT2D eigenvalue weighted by Gasteiger charge is -2.39. The van der Waals surface area contributed by atoms with Crippen LogP contribution in [0.1, 0.15) is 6.42 Å². The molecule has 19 heteroatoms. The lowest BCUT2D eigenvalue weighted by Crippen LogP contribution is -2.67. The molecule has 0 aromatic heterocycles. The Morgan fingerprint density at radius 2 is 0.690 bits per heavy atom. The molecule has 175 valence electrons. The van der Waals surface area contributed by atoms with Crippen molar-refractivity contribution in [1.29, 1.82) is 0 Å². The summed E-state index contributed by atoms with van der Waals surface area (Å²) in [6.45, 7) is 0. The van der Waals surface area contributed by atoms with Gasteiger partial charge in [-0.05, 0) is 0 Å². The molecule has 0 aromatic carbocycles. The van der Waals surface area contributed by atoms with E-state index in [1.54, 1.807) is 0 Å². The van der Waals surface area contributed by atoms with Crippen LogP contribution in [0.3, 0.4) is 0 Å². The van der Waals surface area contributed by atoms with Gasteiger partial charge in [0.1, 0.15) is 0 Å². The van der Waals surface area contributed by atoms with E-state index in [2.05, 4.69) is 0 Å². The van der Waals surface area contributed by atoms with Gasteiger partial charge in [0.2, 0.25) is 0 Å². The van der Waals surface area contributed by atoms with Gasteiger partial charge in [-0.15, -0.1) is 0 Å². The van der Waals surface area contributed by atoms with Gasteiger partial charge >= 0.3 is 54.1 Å². The maximum atomic E-state index is 13.0. The first-order chi connectivity index (χ1) is 12.2. The third-order valence-electron chi connectivity index (χ3n) is 3.14. The van der Waals surface area contributed by atoms with Crippen molar-refractivity contribution in [2.75, 3.05) is 0 Å². The van der Waals surface area contributed by atoms with Crippen molar-refractivity contribution in [1.82, 2.24) is 0 Å². The second kappa shape index (κ2) is 6.84. The van der Waals surface area contributed by atoms with E-state index >= 15 is 0 Å². The molecule has 0 amide bonds. The molecule has 0 atom stereocenters. The zero-order valence-corrected chi connectivity index (χ0v) is 12.4. The summed E-state index contributed by atoms with van der Waals surface area (Å²) in [7, 11) is 0. The lowest BCUT2D eigenvalue weighted by atomic mass is 9.91. The summed E-state index contributed by atoms with van der Waals surface area (Å²) in [5, 5.41) is 0. The van der Waals surface area contributed by atoms with Crippen LogP contribution in [0.2, 0.25) is 0 Å². The minimum absolute atomic E-state index is 4.97. The van der Waals surface area contributed by atoms with Gasteiger partial charge in [0.25, 0.3) is 0 Å². The fraction of sp³-hybridized carbons (Fsp3) is 0.900. The zero-order chi connectivity index (χ0) is 24.3. The molecule has 0 N–H and O–H groups in total. The van der Waals surface area contributed by atoms with Crippen LogP contribution in [-0.2, 0) is 0 Å². The molecular formula is C10H2F19. The van der Waals surface area contributed by atoms with E-state index in [9.17, 15) is 83.4 Å². The Morgan fingerprint density at radius 3 is 0.931 bits per heavy atom. The van der Waals surface area contributed by atoms with Gasteiger partial charge in [-0.25, -0.2) is 0 Å². The second-order valence-corrected chi connectivity index (χ2v) is 5.22. The highest BCUT2D eigenvalue weighted by Gasteiger charge is 2.87. The van der Waals surface area contributed by atoms with Gasteiger partial charge in [-0.1, -0.05) is 0 Å². The summed E-state index contributed by atoms with van der Waals surface area (Å²) in [5.74, 6) is -54.7. The van der Waals surface area contributed by atoms with E-state index in [1.165, 1.54) is 0 Å². The van der Waals surface area contributed by atoms with Crippen molar-refractivity contribution < 1.29 is 83.4 Å². The maximum Gasteiger partial charge on any atom is 0.460 e. The summed E-state index contributed by atoms with van der Waals surface area (Å²) >= 11 is 0. The number of alkyl halides is 17. The fourth-order valence-corrected chi connectivity index (χ4v) is 1.45. The van der Waals surface area contributed by atoms with E-state index in [1.807, 2.05) is 0 Å². The smallest absolute Gasteiger partial charge is 0.199 e. The molecule has 0 aromatic rings. The van der Waals surface area contributed by atoms with Crippen molar-refractivity contribution in [2.45, 2.75) is 54.1 Å². The first-order valence-electron chi connectivity index (χ1n) is 6.05. The summed E-state index contributed by atoms with van der Waals surface area (Å²) in [6.07, 6.45) is -17.6. The van der Waals surface area contributed by atoms with Gasteiger partial charge in [-0.2, -0.15) is 83.4 Å². The third kappa shape index (κ3) is 3.88. The Morgan fingerprint density at radius 1 is 0.414 bits per heavy atom. The van der Waals surface area contributed by atoms with Crippen LogP contribution in [0.4, 0.5) is 83.4 Å². The highest BCUT2D eigenvalue weighted by molar-refractivity contribution is 5.11. The topological polar surface area (TPSA) is 0 Å². The van der Waals surface area contributed by atoms with Crippen molar-refractivity contribution in [3.63, 3.8) is 0 Å². The number of hydrogen-bond donors (Lipinski definition) is 0. The zero-order valence-electron chi connectivity index (χ0n) is 12.4. The van der Waals surface area contributed by atoms with E-state index < -0.39 is 60.5 Å². The lowest BCUT2D eigenvalue weighted by molar-refractivity contribution is -0.414. The quantitative estimate of drug-likeness (QED) is 0.333. The summed E-state index contributed by atoms with van der Waals surface area (Å²) < 4.78 is 237. The summed E-state index contributed by atoms with van der Waals surface area (Å²) in [6, 6.07) is 0. The molecule has 0 saturated heterocycles. The van der Waals surface area contributed by atoms with Crippen LogP contribution >= 0.6 is 0 Å². The fourth-order valence-electron chi connectivity index (χ4n) is 1.45. The standard InChI is InChI=1S/C10H2F19/c11-2(12)5(17,18)8(23,24)6(19,20)3(13,14)1-4(15,16)7(21,22)9(25,26)10(27,28)29/h1H2. The molecule has 29 heavy (non-hydrogen) atoms. The van der Waals surface area contributed by atoms with Crippen molar-refractivity contribution >= 4 is 0 Å². The minimum atomic E-state index is -8.07. The Kier molecular flexibility index (Phi) is 6.53. The Bertz CT molecular complexity index is 580. The molecule has 0 nitrogen and oxygen atoms in total. The van der Waals surface area contributed by atoms with Crippen LogP contribution in [0.25, 0.3) is 0 Å². The second-order valence-electron chi connectivity index (χ2n) is 5.22. The third-order valence-corrected chi connectivity index (χ3v) is 3.14. The predicted molar refractivity (Wildman–Crippen MR) is 50.8 cm³/mol. The predicted octanol–water partition coefficient (Wildman–Crippen LogP) is 6.81. The average Bonchev–Trinajstić information content (AvgIpc) is 2.43. The van der Waals surface area contributed by atoms with Gasteiger partial charge in [0, 0.05) is 0 Å². The molecule has 0 bridgehead atoms. The van der Waals surface area contributed by atoms with Crippen molar-refractivity contribution in [2.24, 2.45) is 0 Å². The number of rotatable bonds is 8. The van der Waals surface area contributed by atoms with Gasteiger partial charge in [0.15, 0.2) is 0 Å². The molecule has 0 rings (SSSR count). The minimum Gasteiger partial charge on any atom is -0.199 e. The molecule has 0 aliphatic heterocycles. The highest BCUT2D eigenvalue weighted by Crippen LogP contribution is 2.61. The molecule has 0 saturated carbocycles. The van der Waals surface area contributed by atoms with Crippen LogP contribution < -0.4 is 0 Å². The first-order valence-corrected chi connectivity index (χ1v) is 6.05. The number of halogens is 19. The Hall–Kier alpha value is -1.33. The largest absolute Gasteiger partial charge is 0.460 e. The van der Waals surface area contributed by atoms with E-state index in [-0.39, 0.29) is 0 Å². The number of hydrogen-bond acceptors (Lipinski definition) is 0. The molecule has 0 spiro atoms. The van der Waals surface area contributed by atoms with Gasteiger partial charge in [0.05, 0.1) is 6.42 Å². The molecular weight excluding hydrogens is 481 g/mol. The van der Waals surface area contributed by atoms with E-state index in [0.717, 1.165) is 0 Å². The normalized spacial score (nSPS) is 16.6. The summed E-state index contributed by atoms with van der Waals surface area (Å²) in [5.41, 5.74) is 0. The van der Waals surface area contributed by atoms with Crippen LogP contribution in [0, 0.1) is 6.43 Å². The molecule has 0 aliphatic carbocycles. The van der Waals surface area contributed by atoms with E-state index in [0.29, 0.717) is 0 Å². The van der Waals surface area contributed by atoms with Gasteiger partial charge < -0.3 is 0 Å². The molecule has 0 unspecified atom stereocenters. The Balaban J connectivity index is 6.31. The highest BCUT2D eigenvalue weighted by atomic mass is 19.4. The molecule has 1 radical (unpaired) electrons. The average molecular weight is 483 g/mol. The summed E-state index contributed by atoms with van der Waals surface area (Å²) in [4.78, 5) is 0. The molecule has 0 aliphatic rings. The van der Waals surface area contributed by atoms with Crippen LogP contribution in [-0.4, -0.2) is 47.6 Å². The SMILES string of the molecule is F[C](F)C(F)(F)C(F)(F)C(F)(F)C(F)(F)CC(F)(F)C(F)(F)C(F)(F)C(F)(F)F. The van der Waals surface area contributed by atoms with Crippen LogP contribution in [0.5, 0.6) is 0 Å². The first kappa shape index (κ1) is 27.7. The molecule has 0 fully saturated rings. The van der Waals surface area contributed by atoms with Crippen molar-refractivity contribution in [3.05, 3.63) is 6.43 Å².